The molecule has 2 saturated heterocycles. The van der Waals surface area contributed by atoms with E-state index in [4.69, 9.17) is 25.8 Å². The SMILES string of the molecule is CCOc1cc(CN2CC(C(=O)O)C3(CCOCC3)C2)cc(Cl)c1OCC. The van der Waals surface area contributed by atoms with Gasteiger partial charge in [0, 0.05) is 38.3 Å². The molecule has 0 bridgehead atoms. The fourth-order valence-electron chi connectivity index (χ4n) is 4.34. The van der Waals surface area contributed by atoms with Gasteiger partial charge in [-0.3, -0.25) is 9.69 Å². The lowest BCUT2D eigenvalue weighted by atomic mass is 9.72. The van der Waals surface area contributed by atoms with E-state index in [9.17, 15) is 9.90 Å². The third kappa shape index (κ3) is 4.33. The number of likely N-dealkylation sites (tertiary alicyclic amines) is 1. The second-order valence-corrected chi connectivity index (χ2v) is 7.71. The van der Waals surface area contributed by atoms with Gasteiger partial charge in [-0.15, -0.1) is 0 Å². The first-order chi connectivity index (χ1) is 13.0. The smallest absolute Gasteiger partial charge is 0.308 e. The molecule has 2 heterocycles. The highest BCUT2D eigenvalue weighted by Gasteiger charge is 2.50. The van der Waals surface area contributed by atoms with Crippen LogP contribution in [0.25, 0.3) is 0 Å². The maximum atomic E-state index is 11.9. The molecule has 1 aromatic rings. The monoisotopic (exact) mass is 397 g/mol. The van der Waals surface area contributed by atoms with Crippen molar-refractivity contribution in [2.45, 2.75) is 33.2 Å². The first-order valence-corrected chi connectivity index (χ1v) is 9.98. The number of rotatable bonds is 7. The van der Waals surface area contributed by atoms with E-state index in [1.165, 1.54) is 0 Å². The predicted molar refractivity (Wildman–Crippen MR) is 103 cm³/mol. The van der Waals surface area contributed by atoms with Gasteiger partial charge in [0.1, 0.15) is 0 Å². The second kappa shape index (κ2) is 8.67. The minimum atomic E-state index is -0.709. The molecule has 1 unspecified atom stereocenters. The van der Waals surface area contributed by atoms with Crippen LogP contribution >= 0.6 is 11.6 Å². The Bertz CT molecular complexity index is 675. The molecule has 0 aliphatic carbocycles. The summed E-state index contributed by atoms with van der Waals surface area (Å²) in [5.41, 5.74) is 0.808. The Hall–Kier alpha value is -1.50. The van der Waals surface area contributed by atoms with E-state index in [1.54, 1.807) is 0 Å². The van der Waals surface area contributed by atoms with Crippen molar-refractivity contribution in [2.24, 2.45) is 11.3 Å². The summed E-state index contributed by atoms with van der Waals surface area (Å²) < 4.78 is 16.8. The van der Waals surface area contributed by atoms with Crippen molar-refractivity contribution >= 4 is 17.6 Å². The van der Waals surface area contributed by atoms with Crippen LogP contribution in [0.2, 0.25) is 5.02 Å². The topological polar surface area (TPSA) is 68.2 Å². The fraction of sp³-hybridized carbons (Fsp3) is 0.650. The van der Waals surface area contributed by atoms with Crippen LogP contribution in [0.3, 0.4) is 0 Å². The normalized spacial score (nSPS) is 22.1. The van der Waals surface area contributed by atoms with Gasteiger partial charge in [-0.05, 0) is 44.4 Å². The minimum absolute atomic E-state index is 0.193. The number of hydrogen-bond donors (Lipinski definition) is 1. The van der Waals surface area contributed by atoms with Crippen molar-refractivity contribution in [1.29, 1.82) is 0 Å². The number of halogens is 1. The van der Waals surface area contributed by atoms with Crippen molar-refractivity contribution in [1.82, 2.24) is 4.90 Å². The average molecular weight is 398 g/mol. The maximum absolute atomic E-state index is 11.9. The number of ether oxygens (including phenoxy) is 3. The molecule has 3 rings (SSSR count). The third-order valence-corrected chi connectivity index (χ3v) is 5.85. The molecule has 6 nitrogen and oxygen atoms in total. The number of hydrogen-bond acceptors (Lipinski definition) is 5. The summed E-state index contributed by atoms with van der Waals surface area (Å²) in [6.07, 6.45) is 1.60. The van der Waals surface area contributed by atoms with Crippen molar-refractivity contribution < 1.29 is 24.1 Å². The molecule has 1 aromatic carbocycles. The van der Waals surface area contributed by atoms with Crippen molar-refractivity contribution in [2.75, 3.05) is 39.5 Å². The molecule has 27 heavy (non-hydrogen) atoms. The van der Waals surface area contributed by atoms with E-state index in [-0.39, 0.29) is 11.3 Å². The van der Waals surface area contributed by atoms with Gasteiger partial charge < -0.3 is 19.3 Å². The molecule has 2 aliphatic rings. The molecule has 1 spiro atoms. The Morgan fingerprint density at radius 1 is 1.30 bits per heavy atom. The molecule has 7 heteroatoms. The van der Waals surface area contributed by atoms with Gasteiger partial charge in [0.2, 0.25) is 0 Å². The van der Waals surface area contributed by atoms with Gasteiger partial charge in [0.05, 0.1) is 24.2 Å². The molecule has 0 saturated carbocycles. The summed E-state index contributed by atoms with van der Waals surface area (Å²) >= 11 is 6.42. The Balaban J connectivity index is 1.79. The quantitative estimate of drug-likeness (QED) is 0.760. The highest BCUT2D eigenvalue weighted by molar-refractivity contribution is 6.32. The van der Waals surface area contributed by atoms with E-state index in [2.05, 4.69) is 4.90 Å². The lowest BCUT2D eigenvalue weighted by Crippen LogP contribution is -2.40. The van der Waals surface area contributed by atoms with E-state index in [0.29, 0.717) is 56.0 Å². The zero-order chi connectivity index (χ0) is 19.4. The van der Waals surface area contributed by atoms with Crippen molar-refractivity contribution in [3.63, 3.8) is 0 Å². The lowest BCUT2D eigenvalue weighted by molar-refractivity contribution is -0.147. The number of carboxylic acid groups (broad SMARTS) is 1. The summed E-state index contributed by atoms with van der Waals surface area (Å²) in [4.78, 5) is 14.1. The molecule has 0 radical (unpaired) electrons. The summed E-state index contributed by atoms with van der Waals surface area (Å²) in [5, 5.41) is 10.3. The van der Waals surface area contributed by atoms with Gasteiger partial charge in [-0.25, -0.2) is 0 Å². The van der Waals surface area contributed by atoms with E-state index >= 15 is 0 Å². The molecule has 0 aromatic heterocycles. The summed E-state index contributed by atoms with van der Waals surface area (Å²) in [6.45, 7) is 8.09. The van der Waals surface area contributed by atoms with Gasteiger partial charge in [-0.2, -0.15) is 0 Å². The molecular weight excluding hydrogens is 370 g/mol. The Morgan fingerprint density at radius 2 is 2.00 bits per heavy atom. The Labute approximate surface area is 165 Å². The van der Waals surface area contributed by atoms with Gasteiger partial charge in [0.25, 0.3) is 0 Å². The maximum Gasteiger partial charge on any atom is 0.308 e. The average Bonchev–Trinajstić information content (AvgIpc) is 2.96. The largest absolute Gasteiger partial charge is 0.490 e. The van der Waals surface area contributed by atoms with Crippen LogP contribution in [0.4, 0.5) is 0 Å². The van der Waals surface area contributed by atoms with Crippen LogP contribution in [0, 0.1) is 11.3 Å². The second-order valence-electron chi connectivity index (χ2n) is 7.31. The van der Waals surface area contributed by atoms with Crippen LogP contribution in [0.15, 0.2) is 12.1 Å². The van der Waals surface area contributed by atoms with Gasteiger partial charge >= 0.3 is 5.97 Å². The van der Waals surface area contributed by atoms with Crippen LogP contribution < -0.4 is 9.47 Å². The minimum Gasteiger partial charge on any atom is -0.490 e. The summed E-state index contributed by atoms with van der Waals surface area (Å²) in [7, 11) is 0. The first-order valence-electron chi connectivity index (χ1n) is 9.60. The molecule has 2 aliphatic heterocycles. The Morgan fingerprint density at radius 3 is 2.63 bits per heavy atom. The van der Waals surface area contributed by atoms with Crippen molar-refractivity contribution in [3.8, 4) is 11.5 Å². The van der Waals surface area contributed by atoms with E-state index < -0.39 is 5.97 Å². The zero-order valence-corrected chi connectivity index (χ0v) is 16.8. The number of benzene rings is 1. The number of carbonyl (C=O) groups is 1. The first kappa shape index (κ1) is 20.2. The predicted octanol–water partition coefficient (Wildman–Crippen LogP) is 3.45. The fourth-order valence-corrected chi connectivity index (χ4v) is 4.62. The lowest BCUT2D eigenvalue weighted by Gasteiger charge is -2.36. The van der Waals surface area contributed by atoms with E-state index in [1.807, 2.05) is 26.0 Å². The molecule has 1 N–H and O–H groups in total. The summed E-state index contributed by atoms with van der Waals surface area (Å²) in [6, 6.07) is 3.84. The third-order valence-electron chi connectivity index (χ3n) is 5.57. The van der Waals surface area contributed by atoms with Crippen LogP contribution in [0.1, 0.15) is 32.3 Å². The standard InChI is InChI=1S/C20H28ClNO5/c1-3-26-17-10-14(9-16(21)18(17)27-4-2)11-22-12-15(19(23)24)20(13-22)5-7-25-8-6-20/h9-10,15H,3-8,11-13H2,1-2H3,(H,23,24). The van der Waals surface area contributed by atoms with Crippen LogP contribution in [0.5, 0.6) is 11.5 Å². The molecule has 150 valence electrons. The van der Waals surface area contributed by atoms with Gasteiger partial charge in [0.15, 0.2) is 11.5 Å². The van der Waals surface area contributed by atoms with E-state index in [0.717, 1.165) is 24.9 Å². The van der Waals surface area contributed by atoms with Crippen LogP contribution in [-0.4, -0.2) is 55.5 Å². The van der Waals surface area contributed by atoms with Crippen LogP contribution in [-0.2, 0) is 16.1 Å². The summed E-state index contributed by atoms with van der Waals surface area (Å²) in [5.74, 6) is 0.136. The molecule has 1 atom stereocenters. The zero-order valence-electron chi connectivity index (χ0n) is 16.0. The molecule has 2 fully saturated rings. The molecule has 0 amide bonds. The van der Waals surface area contributed by atoms with Gasteiger partial charge in [-0.1, -0.05) is 11.6 Å². The highest BCUT2D eigenvalue weighted by Crippen LogP contribution is 2.45. The Kier molecular flexibility index (Phi) is 6.50. The number of aliphatic carboxylic acids is 1. The highest BCUT2D eigenvalue weighted by atomic mass is 35.5. The number of nitrogens with zero attached hydrogens (tertiary/aromatic N) is 1. The number of carboxylic acids is 1. The molecular formula is C20H28ClNO5. The van der Waals surface area contributed by atoms with Crippen molar-refractivity contribution in [3.05, 3.63) is 22.7 Å².